The smallest absolute Gasteiger partial charge is 0.336 e. The summed E-state index contributed by atoms with van der Waals surface area (Å²) in [5, 5.41) is 3.05. The van der Waals surface area contributed by atoms with E-state index in [4.69, 9.17) is 4.74 Å². The molecule has 2 aliphatic rings. The van der Waals surface area contributed by atoms with E-state index in [1.54, 1.807) is 13.8 Å². The first-order valence-electron chi connectivity index (χ1n) is 10.9. The van der Waals surface area contributed by atoms with E-state index in [0.717, 1.165) is 36.8 Å². The normalized spacial score (nSPS) is 20.3. The fourth-order valence-corrected chi connectivity index (χ4v) is 4.42. The Bertz CT molecular complexity index is 822. The Morgan fingerprint density at radius 2 is 1.77 bits per heavy atom. The minimum atomic E-state index is -0.425. The van der Waals surface area contributed by atoms with Gasteiger partial charge in [0.05, 0.1) is 12.2 Å². The molecule has 1 aromatic carbocycles. The van der Waals surface area contributed by atoms with Gasteiger partial charge in [-0.2, -0.15) is 0 Å². The van der Waals surface area contributed by atoms with Crippen molar-refractivity contribution in [1.29, 1.82) is 0 Å². The zero-order valence-corrected chi connectivity index (χ0v) is 18.2. The molecule has 1 unspecified atom stereocenters. The molecular weight excluding hydrogens is 380 g/mol. The van der Waals surface area contributed by atoms with Crippen LogP contribution in [0.4, 0.5) is 0 Å². The number of ether oxygens (including phenoxy) is 1. The van der Waals surface area contributed by atoms with Gasteiger partial charge in [-0.05, 0) is 39.2 Å². The second-order valence-corrected chi connectivity index (χ2v) is 8.27. The Labute approximate surface area is 178 Å². The van der Waals surface area contributed by atoms with Gasteiger partial charge in [-0.3, -0.25) is 9.59 Å². The molecule has 0 spiro atoms. The average Bonchev–Trinajstić information content (AvgIpc) is 2.72. The Morgan fingerprint density at radius 1 is 1.10 bits per heavy atom. The molecule has 6 nitrogen and oxygen atoms in total. The maximum absolute atomic E-state index is 13.0. The predicted octanol–water partition coefficient (Wildman–Crippen LogP) is 3.60. The topological polar surface area (TPSA) is 75.7 Å². The van der Waals surface area contributed by atoms with Crippen molar-refractivity contribution in [2.24, 2.45) is 0 Å². The van der Waals surface area contributed by atoms with Gasteiger partial charge < -0.3 is 15.0 Å². The zero-order valence-electron chi connectivity index (χ0n) is 18.2. The molecule has 3 rings (SSSR count). The van der Waals surface area contributed by atoms with E-state index in [1.165, 1.54) is 11.3 Å². The summed E-state index contributed by atoms with van der Waals surface area (Å²) < 4.78 is 5.30. The number of allylic oxidation sites excluding steroid dienone is 1. The quantitative estimate of drug-likeness (QED) is 0.725. The van der Waals surface area contributed by atoms with Crippen molar-refractivity contribution >= 4 is 17.8 Å². The standard InChI is InChI=1S/C24H32N2O4/c1-4-30-24(29)23-17(3)26(15-21(27)25-19-8-6-5-7-9-19)22(28)14-20(23)18-12-10-16(2)11-13-18/h10-13,19-20H,4-9,14-15H2,1-3H3,(H,25,27). The molecule has 1 aliphatic heterocycles. The van der Waals surface area contributed by atoms with Crippen molar-refractivity contribution in [3.05, 3.63) is 46.7 Å². The number of esters is 1. The number of nitrogens with one attached hydrogen (secondary N) is 1. The van der Waals surface area contributed by atoms with Crippen molar-refractivity contribution in [2.75, 3.05) is 13.2 Å². The summed E-state index contributed by atoms with van der Waals surface area (Å²) in [6.07, 6.45) is 5.57. The molecule has 0 bridgehead atoms. The number of benzene rings is 1. The molecule has 1 heterocycles. The molecule has 2 amide bonds. The van der Waals surface area contributed by atoms with E-state index >= 15 is 0 Å². The highest BCUT2D eigenvalue weighted by atomic mass is 16.5. The molecule has 0 radical (unpaired) electrons. The third-order valence-corrected chi connectivity index (χ3v) is 6.07. The Kier molecular flexibility index (Phi) is 7.29. The lowest BCUT2D eigenvalue weighted by Crippen LogP contribution is -2.46. The van der Waals surface area contributed by atoms with Gasteiger partial charge in [0.2, 0.25) is 11.8 Å². The highest BCUT2D eigenvalue weighted by molar-refractivity contribution is 5.97. The summed E-state index contributed by atoms with van der Waals surface area (Å²) in [5.41, 5.74) is 2.99. The van der Waals surface area contributed by atoms with Crippen molar-refractivity contribution < 1.29 is 19.1 Å². The van der Waals surface area contributed by atoms with Gasteiger partial charge in [0.15, 0.2) is 0 Å². The van der Waals surface area contributed by atoms with Crippen LogP contribution in [0.2, 0.25) is 0 Å². The van der Waals surface area contributed by atoms with Crippen LogP contribution in [0, 0.1) is 6.92 Å². The molecule has 30 heavy (non-hydrogen) atoms. The first-order valence-corrected chi connectivity index (χ1v) is 10.9. The molecule has 0 saturated heterocycles. The summed E-state index contributed by atoms with van der Waals surface area (Å²) >= 11 is 0. The first kappa shape index (κ1) is 22.1. The number of nitrogens with zero attached hydrogens (tertiary/aromatic N) is 1. The fraction of sp³-hybridized carbons (Fsp3) is 0.542. The van der Waals surface area contributed by atoms with Crippen molar-refractivity contribution in [3.63, 3.8) is 0 Å². The van der Waals surface area contributed by atoms with Crippen LogP contribution in [0.15, 0.2) is 35.5 Å². The van der Waals surface area contributed by atoms with Crippen LogP contribution in [0.5, 0.6) is 0 Å². The Balaban J connectivity index is 1.84. The van der Waals surface area contributed by atoms with E-state index in [9.17, 15) is 14.4 Å². The molecule has 0 aromatic heterocycles. The van der Waals surface area contributed by atoms with Gasteiger partial charge in [0, 0.05) is 24.1 Å². The predicted molar refractivity (Wildman–Crippen MR) is 115 cm³/mol. The minimum Gasteiger partial charge on any atom is -0.463 e. The largest absolute Gasteiger partial charge is 0.463 e. The molecule has 1 fully saturated rings. The SMILES string of the molecule is CCOC(=O)C1=C(C)N(CC(=O)NC2CCCCC2)C(=O)CC1c1ccc(C)cc1. The third-order valence-electron chi connectivity index (χ3n) is 6.07. The van der Waals surface area contributed by atoms with Crippen molar-refractivity contribution in [1.82, 2.24) is 10.2 Å². The molecule has 1 atom stereocenters. The van der Waals surface area contributed by atoms with Gasteiger partial charge in [0.1, 0.15) is 6.54 Å². The molecule has 1 aromatic rings. The van der Waals surface area contributed by atoms with Gasteiger partial charge in [-0.1, -0.05) is 49.1 Å². The number of hydrogen-bond acceptors (Lipinski definition) is 4. The highest BCUT2D eigenvalue weighted by Crippen LogP contribution is 2.37. The van der Waals surface area contributed by atoms with E-state index in [2.05, 4.69) is 5.32 Å². The van der Waals surface area contributed by atoms with Crippen molar-refractivity contribution in [3.8, 4) is 0 Å². The molecule has 162 valence electrons. The lowest BCUT2D eigenvalue weighted by Gasteiger charge is -2.34. The summed E-state index contributed by atoms with van der Waals surface area (Å²) in [6.45, 7) is 5.68. The molecular formula is C24H32N2O4. The number of amides is 2. The van der Waals surface area contributed by atoms with Crippen LogP contribution in [-0.4, -0.2) is 41.9 Å². The molecule has 1 N–H and O–H groups in total. The van der Waals surface area contributed by atoms with E-state index in [1.807, 2.05) is 31.2 Å². The molecule has 1 saturated carbocycles. The van der Waals surface area contributed by atoms with Gasteiger partial charge in [-0.15, -0.1) is 0 Å². The average molecular weight is 413 g/mol. The number of carbonyl (C=O) groups excluding carboxylic acids is 3. The maximum atomic E-state index is 13.0. The van der Waals surface area contributed by atoms with E-state index < -0.39 is 5.97 Å². The van der Waals surface area contributed by atoms with Gasteiger partial charge >= 0.3 is 5.97 Å². The monoisotopic (exact) mass is 412 g/mol. The fourth-order valence-electron chi connectivity index (χ4n) is 4.42. The van der Waals surface area contributed by atoms with Crippen LogP contribution in [0.1, 0.15) is 69.4 Å². The van der Waals surface area contributed by atoms with Crippen LogP contribution < -0.4 is 5.32 Å². The second-order valence-electron chi connectivity index (χ2n) is 8.27. The summed E-state index contributed by atoms with van der Waals surface area (Å²) in [6, 6.07) is 8.03. The maximum Gasteiger partial charge on any atom is 0.336 e. The highest BCUT2D eigenvalue weighted by Gasteiger charge is 2.37. The van der Waals surface area contributed by atoms with E-state index in [-0.39, 0.29) is 43.3 Å². The second kappa shape index (κ2) is 9.92. The van der Waals surface area contributed by atoms with Crippen LogP contribution in [0.25, 0.3) is 0 Å². The number of carbonyl (C=O) groups is 3. The number of hydrogen-bond donors (Lipinski definition) is 1. The van der Waals surface area contributed by atoms with Gasteiger partial charge in [-0.25, -0.2) is 4.79 Å². The van der Waals surface area contributed by atoms with Crippen molar-refractivity contribution in [2.45, 2.75) is 71.3 Å². The molecule has 1 aliphatic carbocycles. The van der Waals surface area contributed by atoms with Crippen LogP contribution in [0.3, 0.4) is 0 Å². The number of rotatable bonds is 6. The minimum absolute atomic E-state index is 0.0648. The Hall–Kier alpha value is -2.63. The van der Waals surface area contributed by atoms with E-state index in [0.29, 0.717) is 11.3 Å². The number of aryl methyl sites for hydroxylation is 1. The third kappa shape index (κ3) is 5.10. The summed E-state index contributed by atoms with van der Waals surface area (Å²) in [5.74, 6) is -1.11. The first-order chi connectivity index (χ1) is 14.4. The lowest BCUT2D eigenvalue weighted by atomic mass is 9.83. The zero-order chi connectivity index (χ0) is 21.7. The van der Waals surface area contributed by atoms with Gasteiger partial charge in [0.25, 0.3) is 0 Å². The summed E-state index contributed by atoms with van der Waals surface area (Å²) in [7, 11) is 0. The summed E-state index contributed by atoms with van der Waals surface area (Å²) in [4.78, 5) is 39.8. The molecule has 6 heteroatoms. The lowest BCUT2D eigenvalue weighted by molar-refractivity contribution is -0.141. The Morgan fingerprint density at radius 3 is 2.40 bits per heavy atom. The van der Waals surface area contributed by atoms with Crippen LogP contribution in [-0.2, 0) is 19.1 Å². The van der Waals surface area contributed by atoms with Crippen LogP contribution >= 0.6 is 0 Å².